The normalized spacial score (nSPS) is 18.1. The molecule has 4 heteroatoms. The van der Waals surface area contributed by atoms with Crippen molar-refractivity contribution in [2.75, 3.05) is 6.54 Å². The van der Waals surface area contributed by atoms with E-state index < -0.39 is 0 Å². The Balaban J connectivity index is 2.42. The lowest BCUT2D eigenvalue weighted by Crippen LogP contribution is -2.10. The quantitative estimate of drug-likeness (QED) is 0.866. The fraction of sp³-hybridized carbons (Fsp3) is 0.417. The number of fused-ring (bicyclic) bond motifs is 1. The van der Waals surface area contributed by atoms with Crippen molar-refractivity contribution in [3.63, 3.8) is 0 Å². The first-order valence-electron chi connectivity index (χ1n) is 5.34. The summed E-state index contributed by atoms with van der Waals surface area (Å²) in [6, 6.07) is 3.83. The lowest BCUT2D eigenvalue weighted by atomic mass is 10.0. The van der Waals surface area contributed by atoms with Gasteiger partial charge in [0, 0.05) is 17.3 Å². The minimum atomic E-state index is 0.0501. The molecule has 0 saturated carbocycles. The Labute approximate surface area is 103 Å². The van der Waals surface area contributed by atoms with Crippen molar-refractivity contribution in [3.8, 4) is 5.75 Å². The van der Waals surface area contributed by atoms with Crippen LogP contribution >= 0.6 is 15.9 Å². The zero-order valence-corrected chi connectivity index (χ0v) is 10.7. The van der Waals surface area contributed by atoms with Gasteiger partial charge in [-0.2, -0.15) is 0 Å². The van der Waals surface area contributed by atoms with Gasteiger partial charge >= 0.3 is 0 Å². The van der Waals surface area contributed by atoms with Gasteiger partial charge in [-0.15, -0.1) is 0 Å². The van der Waals surface area contributed by atoms with Crippen LogP contribution in [-0.4, -0.2) is 18.4 Å². The predicted molar refractivity (Wildman–Crippen MR) is 65.9 cm³/mol. The molecule has 1 atom stereocenters. The molecule has 0 bridgehead atoms. The van der Waals surface area contributed by atoms with E-state index in [1.54, 1.807) is 0 Å². The smallest absolute Gasteiger partial charge is 0.167 e. The summed E-state index contributed by atoms with van der Waals surface area (Å²) in [7, 11) is 0. The highest BCUT2D eigenvalue weighted by Gasteiger charge is 2.25. The molecule has 1 heterocycles. The van der Waals surface area contributed by atoms with Gasteiger partial charge in [-0.3, -0.25) is 4.79 Å². The molecule has 1 aromatic rings. The van der Waals surface area contributed by atoms with E-state index in [-0.39, 0.29) is 11.9 Å². The highest BCUT2D eigenvalue weighted by Crippen LogP contribution is 2.35. The molecule has 0 saturated heterocycles. The van der Waals surface area contributed by atoms with E-state index in [9.17, 15) is 4.79 Å². The summed E-state index contributed by atoms with van der Waals surface area (Å²) in [5, 5.41) is 0. The first-order valence-corrected chi connectivity index (χ1v) is 6.13. The van der Waals surface area contributed by atoms with Crippen LogP contribution in [0.3, 0.4) is 0 Å². The van der Waals surface area contributed by atoms with Crippen LogP contribution in [0.5, 0.6) is 5.75 Å². The topological polar surface area (TPSA) is 52.3 Å². The van der Waals surface area contributed by atoms with E-state index in [4.69, 9.17) is 10.5 Å². The molecule has 3 nitrogen and oxygen atoms in total. The second kappa shape index (κ2) is 4.55. The number of carbonyl (C=O) groups is 1. The van der Waals surface area contributed by atoms with Crippen molar-refractivity contribution in [1.29, 1.82) is 0 Å². The van der Waals surface area contributed by atoms with Gasteiger partial charge in [-0.05, 0) is 31.2 Å². The molecule has 86 valence electrons. The zero-order valence-electron chi connectivity index (χ0n) is 9.13. The van der Waals surface area contributed by atoms with Gasteiger partial charge in [0.15, 0.2) is 5.78 Å². The average molecular weight is 284 g/mol. The maximum absolute atomic E-state index is 11.9. The maximum Gasteiger partial charge on any atom is 0.167 e. The fourth-order valence-electron chi connectivity index (χ4n) is 1.97. The van der Waals surface area contributed by atoms with E-state index >= 15 is 0 Å². The number of hydrogen-bond donors (Lipinski definition) is 1. The average Bonchev–Trinajstić information content (AvgIpc) is 2.57. The van der Waals surface area contributed by atoms with E-state index in [0.29, 0.717) is 18.5 Å². The van der Waals surface area contributed by atoms with Gasteiger partial charge in [0.25, 0.3) is 0 Å². The van der Waals surface area contributed by atoms with E-state index in [0.717, 1.165) is 22.2 Å². The highest BCUT2D eigenvalue weighted by atomic mass is 79.9. The molecule has 0 aromatic heterocycles. The number of nitrogens with two attached hydrogens (primary N) is 1. The molecule has 0 amide bonds. The highest BCUT2D eigenvalue weighted by molar-refractivity contribution is 9.10. The van der Waals surface area contributed by atoms with Crippen LogP contribution in [0.25, 0.3) is 0 Å². The Hall–Kier alpha value is -0.870. The fourth-order valence-corrected chi connectivity index (χ4v) is 2.47. The molecular formula is C12H14BrNO2. The standard InChI is InChI=1S/C12H14BrNO2/c1-7-4-8-5-9(13)6-10(12(8)16-7)11(15)2-3-14/h5-7H,2-4,14H2,1H3. The molecule has 1 aliphatic rings. The van der Waals surface area contributed by atoms with Gasteiger partial charge in [-0.25, -0.2) is 0 Å². The zero-order chi connectivity index (χ0) is 11.7. The van der Waals surface area contributed by atoms with Crippen LogP contribution in [0.2, 0.25) is 0 Å². The van der Waals surface area contributed by atoms with Gasteiger partial charge in [0.1, 0.15) is 11.9 Å². The molecule has 1 unspecified atom stereocenters. The number of rotatable bonds is 3. The van der Waals surface area contributed by atoms with E-state index in [1.165, 1.54) is 0 Å². The number of halogens is 1. The Morgan fingerprint density at radius 1 is 1.62 bits per heavy atom. The number of Topliss-reactive ketones (excluding diaryl/α,β-unsaturated/α-hetero) is 1. The minimum absolute atomic E-state index is 0.0501. The molecule has 2 N–H and O–H groups in total. The number of benzene rings is 1. The van der Waals surface area contributed by atoms with Crippen LogP contribution in [0, 0.1) is 0 Å². The van der Waals surface area contributed by atoms with Gasteiger partial charge in [0.2, 0.25) is 0 Å². The molecule has 16 heavy (non-hydrogen) atoms. The number of ether oxygens (including phenoxy) is 1. The summed E-state index contributed by atoms with van der Waals surface area (Å²) in [6.45, 7) is 2.38. The monoisotopic (exact) mass is 283 g/mol. The number of carbonyl (C=O) groups excluding carboxylic acids is 1. The largest absolute Gasteiger partial charge is 0.489 e. The summed E-state index contributed by atoms with van der Waals surface area (Å²) >= 11 is 3.42. The van der Waals surface area contributed by atoms with Crippen molar-refractivity contribution in [2.24, 2.45) is 5.73 Å². The SMILES string of the molecule is CC1Cc2cc(Br)cc(C(=O)CCN)c2O1. The second-order valence-electron chi connectivity index (χ2n) is 4.04. The molecule has 0 spiro atoms. The third-order valence-electron chi connectivity index (χ3n) is 2.63. The van der Waals surface area contributed by atoms with E-state index in [1.807, 2.05) is 19.1 Å². The van der Waals surface area contributed by atoms with Crippen molar-refractivity contribution in [1.82, 2.24) is 0 Å². The Bertz CT molecular complexity index is 431. The first kappa shape index (κ1) is 11.6. The second-order valence-corrected chi connectivity index (χ2v) is 4.95. The molecule has 0 radical (unpaired) electrons. The van der Waals surface area contributed by atoms with Crippen LogP contribution in [0.1, 0.15) is 29.3 Å². The van der Waals surface area contributed by atoms with Crippen molar-refractivity contribution in [3.05, 3.63) is 27.7 Å². The van der Waals surface area contributed by atoms with Gasteiger partial charge < -0.3 is 10.5 Å². The summed E-state index contributed by atoms with van der Waals surface area (Å²) in [6.07, 6.45) is 1.37. The third kappa shape index (κ3) is 2.13. The summed E-state index contributed by atoms with van der Waals surface area (Å²) in [4.78, 5) is 11.9. The molecule has 0 fully saturated rings. The van der Waals surface area contributed by atoms with E-state index in [2.05, 4.69) is 15.9 Å². The summed E-state index contributed by atoms with van der Waals surface area (Å²) in [5.74, 6) is 0.795. The third-order valence-corrected chi connectivity index (χ3v) is 3.09. The Morgan fingerprint density at radius 2 is 2.38 bits per heavy atom. The van der Waals surface area contributed by atoms with Crippen molar-refractivity contribution < 1.29 is 9.53 Å². The molecule has 0 aliphatic carbocycles. The summed E-state index contributed by atoms with van der Waals surface area (Å²) in [5.41, 5.74) is 7.16. The van der Waals surface area contributed by atoms with Crippen molar-refractivity contribution >= 4 is 21.7 Å². The lowest BCUT2D eigenvalue weighted by molar-refractivity contribution is 0.0981. The minimum Gasteiger partial charge on any atom is -0.489 e. The van der Waals surface area contributed by atoms with Crippen LogP contribution in [0.15, 0.2) is 16.6 Å². The van der Waals surface area contributed by atoms with Crippen LogP contribution in [0.4, 0.5) is 0 Å². The molecule has 1 aliphatic heterocycles. The lowest BCUT2D eigenvalue weighted by Gasteiger charge is -2.08. The number of ketones is 1. The number of hydrogen-bond acceptors (Lipinski definition) is 3. The van der Waals surface area contributed by atoms with Crippen LogP contribution in [-0.2, 0) is 6.42 Å². The Morgan fingerprint density at radius 3 is 3.06 bits per heavy atom. The predicted octanol–water partition coefficient (Wildman–Crippen LogP) is 2.30. The first-order chi connectivity index (χ1) is 7.61. The van der Waals surface area contributed by atoms with Crippen LogP contribution < -0.4 is 10.5 Å². The molecular weight excluding hydrogens is 270 g/mol. The Kier molecular flexibility index (Phi) is 3.30. The maximum atomic E-state index is 11.9. The van der Waals surface area contributed by atoms with Crippen molar-refractivity contribution in [2.45, 2.75) is 25.9 Å². The summed E-state index contributed by atoms with van der Waals surface area (Å²) < 4.78 is 6.60. The molecule has 1 aromatic carbocycles. The van der Waals surface area contributed by atoms with Gasteiger partial charge in [-0.1, -0.05) is 15.9 Å². The molecule has 2 rings (SSSR count). The van der Waals surface area contributed by atoms with Gasteiger partial charge in [0.05, 0.1) is 5.56 Å².